The SMILES string of the molecule is CC1(C)CCCN(Cc2csc(CN)n2)CC1. The Morgan fingerprint density at radius 2 is 2.24 bits per heavy atom. The Kier molecular flexibility index (Phi) is 4.17. The number of hydrogen-bond donors (Lipinski definition) is 1. The first-order valence-electron chi connectivity index (χ1n) is 6.45. The van der Waals surface area contributed by atoms with E-state index in [9.17, 15) is 0 Å². The van der Waals surface area contributed by atoms with Gasteiger partial charge in [-0.2, -0.15) is 0 Å². The highest BCUT2D eigenvalue weighted by molar-refractivity contribution is 7.09. The molecule has 0 bridgehead atoms. The molecule has 2 heterocycles. The van der Waals surface area contributed by atoms with E-state index in [2.05, 4.69) is 29.1 Å². The van der Waals surface area contributed by atoms with E-state index in [0.29, 0.717) is 12.0 Å². The summed E-state index contributed by atoms with van der Waals surface area (Å²) in [6, 6.07) is 0. The quantitative estimate of drug-likeness (QED) is 0.900. The summed E-state index contributed by atoms with van der Waals surface area (Å²) >= 11 is 1.68. The summed E-state index contributed by atoms with van der Waals surface area (Å²) in [7, 11) is 0. The highest BCUT2D eigenvalue weighted by atomic mass is 32.1. The number of thiazole rings is 1. The Bertz CT molecular complexity index is 359. The van der Waals surface area contributed by atoms with Gasteiger partial charge in [0.25, 0.3) is 0 Å². The number of nitrogens with zero attached hydrogens (tertiary/aromatic N) is 2. The molecule has 1 fully saturated rings. The third-order valence-electron chi connectivity index (χ3n) is 3.59. The van der Waals surface area contributed by atoms with Crippen molar-refractivity contribution in [3.8, 4) is 0 Å². The molecule has 0 amide bonds. The molecular formula is C13H23N3S. The van der Waals surface area contributed by atoms with Gasteiger partial charge in [0.1, 0.15) is 5.01 Å². The number of hydrogen-bond acceptors (Lipinski definition) is 4. The summed E-state index contributed by atoms with van der Waals surface area (Å²) in [4.78, 5) is 7.07. The van der Waals surface area contributed by atoms with Gasteiger partial charge in [-0.1, -0.05) is 13.8 Å². The topological polar surface area (TPSA) is 42.1 Å². The zero-order valence-electron chi connectivity index (χ0n) is 10.9. The second-order valence-electron chi connectivity index (χ2n) is 5.73. The third kappa shape index (κ3) is 3.76. The van der Waals surface area contributed by atoms with Crippen molar-refractivity contribution in [2.45, 2.75) is 46.2 Å². The highest BCUT2D eigenvalue weighted by Gasteiger charge is 2.23. The molecule has 0 radical (unpaired) electrons. The summed E-state index contributed by atoms with van der Waals surface area (Å²) in [6.45, 7) is 8.73. The molecule has 96 valence electrons. The Hall–Kier alpha value is -0.450. The van der Waals surface area contributed by atoms with Gasteiger partial charge in [0, 0.05) is 18.5 Å². The largest absolute Gasteiger partial charge is 0.325 e. The average molecular weight is 253 g/mol. The number of nitrogens with two attached hydrogens (primary N) is 1. The van der Waals surface area contributed by atoms with Crippen molar-refractivity contribution in [1.82, 2.24) is 9.88 Å². The number of aromatic nitrogens is 1. The number of rotatable bonds is 3. The van der Waals surface area contributed by atoms with E-state index < -0.39 is 0 Å². The number of likely N-dealkylation sites (tertiary alicyclic amines) is 1. The zero-order valence-corrected chi connectivity index (χ0v) is 11.7. The molecule has 0 saturated carbocycles. The molecule has 17 heavy (non-hydrogen) atoms. The van der Waals surface area contributed by atoms with E-state index >= 15 is 0 Å². The van der Waals surface area contributed by atoms with Crippen molar-refractivity contribution in [2.75, 3.05) is 13.1 Å². The molecule has 1 aromatic heterocycles. The minimum Gasteiger partial charge on any atom is -0.325 e. The van der Waals surface area contributed by atoms with Gasteiger partial charge in [0.15, 0.2) is 0 Å². The maximum atomic E-state index is 5.59. The summed E-state index contributed by atoms with van der Waals surface area (Å²) in [6.07, 6.45) is 3.94. The Labute approximate surface area is 108 Å². The lowest BCUT2D eigenvalue weighted by Crippen LogP contribution is -2.25. The Morgan fingerprint density at radius 1 is 1.41 bits per heavy atom. The standard InChI is InChI=1S/C13H23N3S/c1-13(2)4-3-6-16(7-5-13)9-11-10-17-12(8-14)15-11/h10H,3-9,14H2,1-2H3. The fraction of sp³-hybridized carbons (Fsp3) is 0.769. The van der Waals surface area contributed by atoms with Crippen molar-refractivity contribution < 1.29 is 0 Å². The highest BCUT2D eigenvalue weighted by Crippen LogP contribution is 2.30. The first-order chi connectivity index (χ1) is 8.09. The molecule has 1 aliphatic heterocycles. The van der Waals surface area contributed by atoms with E-state index in [1.54, 1.807) is 11.3 Å². The van der Waals surface area contributed by atoms with E-state index in [1.165, 1.54) is 38.0 Å². The molecule has 1 aromatic rings. The summed E-state index contributed by atoms with van der Waals surface area (Å²) in [5.41, 5.74) is 7.29. The average Bonchev–Trinajstić information content (AvgIpc) is 2.66. The second-order valence-corrected chi connectivity index (χ2v) is 6.67. The van der Waals surface area contributed by atoms with Crippen LogP contribution in [0.5, 0.6) is 0 Å². The molecule has 3 nitrogen and oxygen atoms in total. The lowest BCUT2D eigenvalue weighted by Gasteiger charge is -2.22. The molecule has 0 spiro atoms. The minimum atomic E-state index is 0.513. The second kappa shape index (κ2) is 5.46. The summed E-state index contributed by atoms with van der Waals surface area (Å²) in [5, 5.41) is 3.20. The van der Waals surface area contributed by atoms with Crippen LogP contribution in [-0.2, 0) is 13.1 Å². The molecule has 2 N–H and O–H groups in total. The van der Waals surface area contributed by atoms with Gasteiger partial charge in [-0.05, 0) is 37.8 Å². The first kappa shape index (κ1) is 13.0. The third-order valence-corrected chi connectivity index (χ3v) is 4.51. The predicted octanol–water partition coefficient (Wildman–Crippen LogP) is 2.61. The molecule has 2 rings (SSSR count). The fourth-order valence-corrected chi connectivity index (χ4v) is 3.05. The maximum absolute atomic E-state index is 5.59. The maximum Gasteiger partial charge on any atom is 0.106 e. The summed E-state index contributed by atoms with van der Waals surface area (Å²) in [5.74, 6) is 0. The predicted molar refractivity (Wildman–Crippen MR) is 72.9 cm³/mol. The van der Waals surface area contributed by atoms with Crippen LogP contribution in [0.4, 0.5) is 0 Å². The first-order valence-corrected chi connectivity index (χ1v) is 7.33. The van der Waals surface area contributed by atoms with Gasteiger partial charge in [-0.3, -0.25) is 4.90 Å². The van der Waals surface area contributed by atoms with Gasteiger partial charge in [0.05, 0.1) is 5.69 Å². The molecule has 0 unspecified atom stereocenters. The van der Waals surface area contributed by atoms with Gasteiger partial charge >= 0.3 is 0 Å². The normalized spacial score (nSPS) is 21.4. The minimum absolute atomic E-state index is 0.513. The lowest BCUT2D eigenvalue weighted by atomic mass is 9.85. The molecule has 1 aliphatic rings. The Morgan fingerprint density at radius 3 is 2.94 bits per heavy atom. The zero-order chi connectivity index (χ0) is 12.3. The van der Waals surface area contributed by atoms with Crippen LogP contribution < -0.4 is 5.73 Å². The van der Waals surface area contributed by atoms with Crippen molar-refractivity contribution >= 4 is 11.3 Å². The van der Waals surface area contributed by atoms with Gasteiger partial charge in [0.2, 0.25) is 0 Å². The molecular weight excluding hydrogens is 230 g/mol. The van der Waals surface area contributed by atoms with Crippen LogP contribution in [0.2, 0.25) is 0 Å². The molecule has 0 atom stereocenters. The van der Waals surface area contributed by atoms with Crippen LogP contribution in [0.15, 0.2) is 5.38 Å². The van der Waals surface area contributed by atoms with Gasteiger partial charge in [-0.25, -0.2) is 4.98 Å². The van der Waals surface area contributed by atoms with E-state index in [1.807, 2.05) is 0 Å². The fourth-order valence-electron chi connectivity index (χ4n) is 2.38. The van der Waals surface area contributed by atoms with Crippen LogP contribution in [0.25, 0.3) is 0 Å². The van der Waals surface area contributed by atoms with Crippen LogP contribution >= 0.6 is 11.3 Å². The smallest absolute Gasteiger partial charge is 0.106 e. The van der Waals surface area contributed by atoms with Crippen LogP contribution in [0.1, 0.15) is 43.8 Å². The van der Waals surface area contributed by atoms with E-state index in [-0.39, 0.29) is 0 Å². The van der Waals surface area contributed by atoms with Gasteiger partial charge < -0.3 is 5.73 Å². The lowest BCUT2D eigenvalue weighted by molar-refractivity contribution is 0.254. The van der Waals surface area contributed by atoms with Crippen LogP contribution in [0.3, 0.4) is 0 Å². The Balaban J connectivity index is 1.90. The van der Waals surface area contributed by atoms with Crippen LogP contribution in [0, 0.1) is 5.41 Å². The van der Waals surface area contributed by atoms with Gasteiger partial charge in [-0.15, -0.1) is 11.3 Å². The van der Waals surface area contributed by atoms with E-state index in [4.69, 9.17) is 5.73 Å². The molecule has 4 heteroatoms. The van der Waals surface area contributed by atoms with Crippen molar-refractivity contribution in [3.05, 3.63) is 16.1 Å². The van der Waals surface area contributed by atoms with E-state index in [0.717, 1.165) is 11.6 Å². The monoisotopic (exact) mass is 253 g/mol. The molecule has 0 aliphatic carbocycles. The molecule has 1 saturated heterocycles. The molecule has 0 aromatic carbocycles. The summed E-state index contributed by atoms with van der Waals surface area (Å²) < 4.78 is 0. The van der Waals surface area contributed by atoms with Crippen molar-refractivity contribution in [1.29, 1.82) is 0 Å². The van der Waals surface area contributed by atoms with Crippen LogP contribution in [-0.4, -0.2) is 23.0 Å². The van der Waals surface area contributed by atoms with Crippen molar-refractivity contribution in [3.63, 3.8) is 0 Å². The van der Waals surface area contributed by atoms with Crippen molar-refractivity contribution in [2.24, 2.45) is 11.1 Å².